The number of carbonyl (C=O) groups excluding carboxylic acids is 1. The van der Waals surface area contributed by atoms with Gasteiger partial charge >= 0.3 is 12.0 Å². The molecule has 1 saturated heterocycles. The minimum Gasteiger partial charge on any atom is -0.480 e. The first-order chi connectivity index (χ1) is 7.93. The van der Waals surface area contributed by atoms with Crippen LogP contribution in [0.4, 0.5) is 13.6 Å². The molecule has 0 aromatic carbocycles. The molecule has 0 bridgehead atoms. The van der Waals surface area contributed by atoms with E-state index in [9.17, 15) is 18.4 Å². The third-order valence-corrected chi connectivity index (χ3v) is 2.40. The second-order valence-electron chi connectivity index (χ2n) is 3.68. The number of morpholine rings is 1. The van der Waals surface area contributed by atoms with Crippen LogP contribution in [0.2, 0.25) is 0 Å². The standard InChI is InChI=1S/C9H14F2N2O4/c1-12(4-7(10)11)9(16)13-2-3-17-5-6(13)8(14)15/h6-7H,2-5H2,1H3,(H,14,15). The number of carboxylic acids is 1. The molecule has 1 rings (SSSR count). The highest BCUT2D eigenvalue weighted by Gasteiger charge is 2.34. The highest BCUT2D eigenvalue weighted by Crippen LogP contribution is 2.11. The second kappa shape index (κ2) is 5.76. The van der Waals surface area contributed by atoms with Crippen molar-refractivity contribution in [1.82, 2.24) is 9.80 Å². The molecular formula is C9H14F2N2O4. The van der Waals surface area contributed by atoms with Crippen molar-refractivity contribution >= 4 is 12.0 Å². The van der Waals surface area contributed by atoms with Gasteiger partial charge < -0.3 is 19.6 Å². The molecule has 1 aliphatic heterocycles. The molecule has 0 saturated carbocycles. The van der Waals surface area contributed by atoms with Crippen molar-refractivity contribution in [3.63, 3.8) is 0 Å². The average molecular weight is 252 g/mol. The number of rotatable bonds is 3. The highest BCUT2D eigenvalue weighted by atomic mass is 19.3. The van der Waals surface area contributed by atoms with Gasteiger partial charge in [0, 0.05) is 13.6 Å². The molecule has 0 aliphatic carbocycles. The summed E-state index contributed by atoms with van der Waals surface area (Å²) in [6.07, 6.45) is -2.65. The Morgan fingerprint density at radius 2 is 2.24 bits per heavy atom. The van der Waals surface area contributed by atoms with E-state index >= 15 is 0 Å². The van der Waals surface area contributed by atoms with Gasteiger partial charge in [-0.25, -0.2) is 18.4 Å². The van der Waals surface area contributed by atoms with Crippen molar-refractivity contribution in [1.29, 1.82) is 0 Å². The van der Waals surface area contributed by atoms with Gasteiger partial charge in [0.15, 0.2) is 6.04 Å². The molecule has 98 valence electrons. The lowest BCUT2D eigenvalue weighted by atomic mass is 10.2. The third-order valence-electron chi connectivity index (χ3n) is 2.40. The number of urea groups is 1. The molecular weight excluding hydrogens is 238 g/mol. The summed E-state index contributed by atoms with van der Waals surface area (Å²) in [5.41, 5.74) is 0. The Kier molecular flexibility index (Phi) is 4.62. The van der Waals surface area contributed by atoms with E-state index in [0.29, 0.717) is 0 Å². The van der Waals surface area contributed by atoms with Crippen LogP contribution >= 0.6 is 0 Å². The molecule has 0 spiro atoms. The van der Waals surface area contributed by atoms with Gasteiger partial charge in [-0.2, -0.15) is 0 Å². The molecule has 1 unspecified atom stereocenters. The Labute approximate surface area is 96.7 Å². The number of amides is 2. The van der Waals surface area contributed by atoms with Crippen molar-refractivity contribution in [2.24, 2.45) is 0 Å². The van der Waals surface area contributed by atoms with E-state index in [1.165, 1.54) is 7.05 Å². The summed E-state index contributed by atoms with van der Waals surface area (Å²) in [4.78, 5) is 24.5. The van der Waals surface area contributed by atoms with Crippen LogP contribution in [0, 0.1) is 0 Å². The summed E-state index contributed by atoms with van der Waals surface area (Å²) >= 11 is 0. The van der Waals surface area contributed by atoms with E-state index < -0.39 is 31.0 Å². The molecule has 2 amide bonds. The van der Waals surface area contributed by atoms with Crippen LogP contribution in [-0.4, -0.2) is 72.7 Å². The largest absolute Gasteiger partial charge is 0.480 e. The number of carboxylic acid groups (broad SMARTS) is 1. The van der Waals surface area contributed by atoms with Crippen molar-refractivity contribution in [2.75, 3.05) is 33.4 Å². The Hall–Kier alpha value is -1.44. The van der Waals surface area contributed by atoms with Gasteiger partial charge in [-0.05, 0) is 0 Å². The topological polar surface area (TPSA) is 70.1 Å². The van der Waals surface area contributed by atoms with Crippen LogP contribution in [-0.2, 0) is 9.53 Å². The van der Waals surface area contributed by atoms with E-state index in [-0.39, 0.29) is 19.8 Å². The number of alkyl halides is 2. The lowest BCUT2D eigenvalue weighted by Crippen LogP contribution is -2.56. The Morgan fingerprint density at radius 3 is 2.76 bits per heavy atom. The van der Waals surface area contributed by atoms with Crippen LogP contribution in [0.3, 0.4) is 0 Å². The number of halogens is 2. The molecule has 1 fully saturated rings. The predicted molar refractivity (Wildman–Crippen MR) is 53.0 cm³/mol. The monoisotopic (exact) mass is 252 g/mol. The van der Waals surface area contributed by atoms with Crippen LogP contribution in [0.5, 0.6) is 0 Å². The fourth-order valence-electron chi connectivity index (χ4n) is 1.54. The molecule has 6 nitrogen and oxygen atoms in total. The molecule has 1 atom stereocenters. The van der Waals surface area contributed by atoms with Crippen LogP contribution in [0.15, 0.2) is 0 Å². The number of carbonyl (C=O) groups is 2. The Balaban J connectivity index is 2.67. The maximum absolute atomic E-state index is 12.1. The van der Waals surface area contributed by atoms with Crippen LogP contribution < -0.4 is 0 Å². The SMILES string of the molecule is CN(CC(F)F)C(=O)N1CCOCC1C(=O)O. The quantitative estimate of drug-likeness (QED) is 0.772. The molecule has 1 N–H and O–H groups in total. The first-order valence-electron chi connectivity index (χ1n) is 5.04. The molecule has 0 aromatic rings. The summed E-state index contributed by atoms with van der Waals surface area (Å²) in [5.74, 6) is -1.21. The zero-order valence-corrected chi connectivity index (χ0v) is 9.31. The van der Waals surface area contributed by atoms with Crippen LogP contribution in [0.1, 0.15) is 0 Å². The number of nitrogens with zero attached hydrogens (tertiary/aromatic N) is 2. The molecule has 1 aliphatic rings. The van der Waals surface area contributed by atoms with Crippen LogP contribution in [0.25, 0.3) is 0 Å². The van der Waals surface area contributed by atoms with Crippen molar-refractivity contribution in [2.45, 2.75) is 12.5 Å². The van der Waals surface area contributed by atoms with E-state index in [2.05, 4.69) is 0 Å². The number of ether oxygens (including phenoxy) is 1. The summed E-state index contributed by atoms with van der Waals surface area (Å²) in [5, 5.41) is 8.88. The lowest BCUT2D eigenvalue weighted by Gasteiger charge is -2.35. The van der Waals surface area contributed by atoms with E-state index in [1.807, 2.05) is 0 Å². The van der Waals surface area contributed by atoms with Gasteiger partial charge in [-0.3, -0.25) is 0 Å². The average Bonchev–Trinajstić information content (AvgIpc) is 2.27. The van der Waals surface area contributed by atoms with Gasteiger partial charge in [0.05, 0.1) is 19.8 Å². The zero-order chi connectivity index (χ0) is 13.0. The van der Waals surface area contributed by atoms with E-state index in [1.54, 1.807) is 0 Å². The predicted octanol–water partition coefficient (Wildman–Crippen LogP) is 0.0887. The van der Waals surface area contributed by atoms with Crippen molar-refractivity contribution < 1.29 is 28.2 Å². The maximum Gasteiger partial charge on any atom is 0.328 e. The molecule has 0 radical (unpaired) electrons. The first kappa shape index (κ1) is 13.6. The Morgan fingerprint density at radius 1 is 1.59 bits per heavy atom. The smallest absolute Gasteiger partial charge is 0.328 e. The van der Waals surface area contributed by atoms with Crippen molar-refractivity contribution in [3.8, 4) is 0 Å². The number of hydrogen-bond donors (Lipinski definition) is 1. The fraction of sp³-hybridized carbons (Fsp3) is 0.778. The number of aliphatic carboxylic acids is 1. The van der Waals surface area contributed by atoms with E-state index in [4.69, 9.17) is 9.84 Å². The Bertz CT molecular complexity index is 301. The zero-order valence-electron chi connectivity index (χ0n) is 9.31. The van der Waals surface area contributed by atoms with Gasteiger partial charge in [0.2, 0.25) is 0 Å². The molecule has 0 aromatic heterocycles. The van der Waals surface area contributed by atoms with Gasteiger partial charge in [-0.15, -0.1) is 0 Å². The first-order valence-corrected chi connectivity index (χ1v) is 5.04. The molecule has 8 heteroatoms. The van der Waals surface area contributed by atoms with Crippen molar-refractivity contribution in [3.05, 3.63) is 0 Å². The summed E-state index contributed by atoms with van der Waals surface area (Å²) in [7, 11) is 1.21. The summed E-state index contributed by atoms with van der Waals surface area (Å²) in [6, 6.07) is -1.84. The second-order valence-corrected chi connectivity index (χ2v) is 3.68. The minimum absolute atomic E-state index is 0.0867. The third kappa shape index (κ3) is 3.52. The highest BCUT2D eigenvalue weighted by molar-refractivity contribution is 5.83. The van der Waals surface area contributed by atoms with E-state index in [0.717, 1.165) is 9.80 Å². The van der Waals surface area contributed by atoms with Gasteiger partial charge in [0.1, 0.15) is 0 Å². The number of hydrogen-bond acceptors (Lipinski definition) is 3. The normalized spacial score (nSPS) is 20.5. The molecule has 1 heterocycles. The summed E-state index contributed by atoms with van der Waals surface area (Å²) < 4.78 is 29.2. The van der Waals surface area contributed by atoms with Gasteiger partial charge in [0.25, 0.3) is 6.43 Å². The lowest BCUT2D eigenvalue weighted by molar-refractivity contribution is -0.147. The molecule has 17 heavy (non-hydrogen) atoms. The fourth-order valence-corrected chi connectivity index (χ4v) is 1.54. The van der Waals surface area contributed by atoms with Gasteiger partial charge in [-0.1, -0.05) is 0 Å². The minimum atomic E-state index is -2.65. The summed E-state index contributed by atoms with van der Waals surface area (Å²) in [6.45, 7) is -0.548. The maximum atomic E-state index is 12.1.